The van der Waals surface area contributed by atoms with Crippen LogP contribution in [0.25, 0.3) is 21.8 Å². The summed E-state index contributed by atoms with van der Waals surface area (Å²) in [7, 11) is 0. The predicted molar refractivity (Wildman–Crippen MR) is 95.2 cm³/mol. The van der Waals surface area contributed by atoms with Crippen LogP contribution < -0.4 is 10.5 Å². The molecule has 0 aliphatic rings. The standard InChI is InChI=1S/C17H15N3O3S/c1-2-23-13-6-3-11(4-7-13)16-10-24-17(19-16)14-9-12(20(21)22)5-8-15(14)18/h3-10H,2,18H2,1H3. The number of nitrogen functional groups attached to an aromatic ring is 1. The summed E-state index contributed by atoms with van der Waals surface area (Å²) in [6.07, 6.45) is 0. The number of hydrogen-bond donors (Lipinski definition) is 1. The van der Waals surface area contributed by atoms with E-state index < -0.39 is 4.92 Å². The van der Waals surface area contributed by atoms with E-state index in [1.165, 1.54) is 29.5 Å². The Morgan fingerprint density at radius 3 is 2.67 bits per heavy atom. The van der Waals surface area contributed by atoms with E-state index in [0.29, 0.717) is 22.9 Å². The van der Waals surface area contributed by atoms with Gasteiger partial charge in [0.25, 0.3) is 5.69 Å². The van der Waals surface area contributed by atoms with Gasteiger partial charge in [-0.3, -0.25) is 10.1 Å². The Bertz CT molecular complexity index is 875. The Labute approximate surface area is 142 Å². The van der Waals surface area contributed by atoms with E-state index in [4.69, 9.17) is 10.5 Å². The lowest BCUT2D eigenvalue weighted by molar-refractivity contribution is -0.384. The van der Waals surface area contributed by atoms with E-state index in [1.54, 1.807) is 0 Å². The van der Waals surface area contributed by atoms with Crippen molar-refractivity contribution in [2.24, 2.45) is 0 Å². The van der Waals surface area contributed by atoms with Crippen molar-refractivity contribution < 1.29 is 9.66 Å². The summed E-state index contributed by atoms with van der Waals surface area (Å²) < 4.78 is 5.42. The van der Waals surface area contributed by atoms with Crippen LogP contribution in [0.3, 0.4) is 0 Å². The van der Waals surface area contributed by atoms with Crippen molar-refractivity contribution in [2.75, 3.05) is 12.3 Å². The number of nitrogens with two attached hydrogens (primary N) is 1. The number of nitro benzene ring substituents is 1. The van der Waals surface area contributed by atoms with Gasteiger partial charge < -0.3 is 10.5 Å². The Balaban J connectivity index is 1.93. The monoisotopic (exact) mass is 341 g/mol. The molecule has 122 valence electrons. The third-order valence-corrected chi connectivity index (χ3v) is 4.32. The summed E-state index contributed by atoms with van der Waals surface area (Å²) in [5, 5.41) is 13.5. The SMILES string of the molecule is CCOc1ccc(-c2csc(-c3cc([N+](=O)[O-])ccc3N)n2)cc1. The normalized spacial score (nSPS) is 10.5. The van der Waals surface area contributed by atoms with Gasteiger partial charge in [0, 0.05) is 34.3 Å². The fraction of sp³-hybridized carbons (Fsp3) is 0.118. The molecule has 0 saturated carbocycles. The summed E-state index contributed by atoms with van der Waals surface area (Å²) in [4.78, 5) is 15.1. The second-order valence-corrected chi connectivity index (χ2v) is 5.88. The number of benzene rings is 2. The first-order valence-electron chi connectivity index (χ1n) is 7.31. The maximum absolute atomic E-state index is 10.9. The number of rotatable bonds is 5. The predicted octanol–water partition coefficient (Wildman–Crippen LogP) is 4.37. The highest BCUT2D eigenvalue weighted by Gasteiger charge is 2.14. The average molecular weight is 341 g/mol. The van der Waals surface area contributed by atoms with Crippen LogP contribution >= 0.6 is 11.3 Å². The van der Waals surface area contributed by atoms with Crippen molar-refractivity contribution in [3.63, 3.8) is 0 Å². The average Bonchev–Trinajstić information content (AvgIpc) is 3.06. The topological polar surface area (TPSA) is 91.3 Å². The maximum atomic E-state index is 10.9. The molecule has 0 bridgehead atoms. The summed E-state index contributed by atoms with van der Waals surface area (Å²) in [5.74, 6) is 0.805. The van der Waals surface area contributed by atoms with E-state index >= 15 is 0 Å². The first-order chi connectivity index (χ1) is 11.6. The molecule has 0 fully saturated rings. The third-order valence-electron chi connectivity index (χ3n) is 3.44. The minimum Gasteiger partial charge on any atom is -0.494 e. The highest BCUT2D eigenvalue weighted by atomic mass is 32.1. The molecule has 0 atom stereocenters. The van der Waals surface area contributed by atoms with Crippen molar-refractivity contribution in [3.05, 3.63) is 58.0 Å². The number of nitrogens with zero attached hydrogens (tertiary/aromatic N) is 2. The molecule has 6 nitrogen and oxygen atoms in total. The molecule has 1 aromatic heterocycles. The molecule has 2 N–H and O–H groups in total. The van der Waals surface area contributed by atoms with Gasteiger partial charge in [-0.1, -0.05) is 0 Å². The Morgan fingerprint density at radius 1 is 1.25 bits per heavy atom. The molecule has 2 aromatic carbocycles. The number of ether oxygens (including phenoxy) is 1. The zero-order valence-electron chi connectivity index (χ0n) is 12.9. The molecular weight excluding hydrogens is 326 g/mol. The lowest BCUT2D eigenvalue weighted by Gasteiger charge is -2.03. The lowest BCUT2D eigenvalue weighted by atomic mass is 10.1. The van der Waals surface area contributed by atoms with Gasteiger partial charge in [0.1, 0.15) is 10.8 Å². The molecular formula is C17H15N3O3S. The van der Waals surface area contributed by atoms with E-state index in [0.717, 1.165) is 17.0 Å². The number of non-ortho nitro benzene ring substituents is 1. The molecule has 3 rings (SSSR count). The van der Waals surface area contributed by atoms with Gasteiger partial charge in [-0.2, -0.15) is 0 Å². The fourth-order valence-corrected chi connectivity index (χ4v) is 3.13. The molecule has 7 heteroatoms. The lowest BCUT2D eigenvalue weighted by Crippen LogP contribution is -1.93. The quantitative estimate of drug-likeness (QED) is 0.423. The van der Waals surface area contributed by atoms with Gasteiger partial charge in [-0.25, -0.2) is 4.98 Å². The molecule has 0 spiro atoms. The van der Waals surface area contributed by atoms with E-state index in [-0.39, 0.29) is 5.69 Å². The Kier molecular flexibility index (Phi) is 4.43. The zero-order chi connectivity index (χ0) is 17.1. The molecule has 1 heterocycles. The van der Waals surface area contributed by atoms with Crippen molar-refractivity contribution in [1.29, 1.82) is 0 Å². The van der Waals surface area contributed by atoms with Crippen molar-refractivity contribution in [1.82, 2.24) is 4.98 Å². The van der Waals surface area contributed by atoms with Crippen LogP contribution in [0.1, 0.15) is 6.92 Å². The van der Waals surface area contributed by atoms with Crippen LogP contribution in [0.2, 0.25) is 0 Å². The summed E-state index contributed by atoms with van der Waals surface area (Å²) in [6.45, 7) is 2.55. The van der Waals surface area contributed by atoms with Crippen LogP contribution in [-0.2, 0) is 0 Å². The maximum Gasteiger partial charge on any atom is 0.270 e. The second-order valence-electron chi connectivity index (χ2n) is 5.02. The van der Waals surface area contributed by atoms with Gasteiger partial charge in [0.15, 0.2) is 0 Å². The highest BCUT2D eigenvalue weighted by Crippen LogP contribution is 2.34. The number of nitro groups is 1. The van der Waals surface area contributed by atoms with Crippen LogP contribution in [0.4, 0.5) is 11.4 Å². The highest BCUT2D eigenvalue weighted by molar-refractivity contribution is 7.13. The fourth-order valence-electron chi connectivity index (χ4n) is 2.26. The molecule has 0 aliphatic carbocycles. The number of aromatic nitrogens is 1. The van der Waals surface area contributed by atoms with E-state index in [1.807, 2.05) is 36.6 Å². The largest absolute Gasteiger partial charge is 0.494 e. The third kappa shape index (κ3) is 3.21. The van der Waals surface area contributed by atoms with Gasteiger partial charge in [-0.05, 0) is 37.3 Å². The van der Waals surface area contributed by atoms with Gasteiger partial charge in [-0.15, -0.1) is 11.3 Å². The molecule has 0 amide bonds. The van der Waals surface area contributed by atoms with Crippen LogP contribution in [-0.4, -0.2) is 16.5 Å². The van der Waals surface area contributed by atoms with Gasteiger partial charge in [0.2, 0.25) is 0 Å². The molecule has 0 saturated heterocycles. The van der Waals surface area contributed by atoms with Crippen molar-refractivity contribution in [3.8, 4) is 27.6 Å². The van der Waals surface area contributed by atoms with Crippen LogP contribution in [0, 0.1) is 10.1 Å². The number of thiazole rings is 1. The molecule has 24 heavy (non-hydrogen) atoms. The Hall–Kier alpha value is -2.93. The molecule has 0 unspecified atom stereocenters. The summed E-state index contributed by atoms with van der Waals surface area (Å²) in [5.41, 5.74) is 8.73. The van der Waals surface area contributed by atoms with Crippen LogP contribution in [0.5, 0.6) is 5.75 Å². The number of hydrogen-bond acceptors (Lipinski definition) is 6. The summed E-state index contributed by atoms with van der Waals surface area (Å²) in [6, 6.07) is 12.0. The zero-order valence-corrected chi connectivity index (χ0v) is 13.7. The minimum atomic E-state index is -0.441. The molecule has 0 aliphatic heterocycles. The number of anilines is 1. The van der Waals surface area contributed by atoms with Crippen LogP contribution in [0.15, 0.2) is 47.8 Å². The van der Waals surface area contributed by atoms with Gasteiger partial charge >= 0.3 is 0 Å². The van der Waals surface area contributed by atoms with E-state index in [2.05, 4.69) is 4.98 Å². The van der Waals surface area contributed by atoms with Crippen molar-refractivity contribution >= 4 is 22.7 Å². The first-order valence-corrected chi connectivity index (χ1v) is 8.19. The van der Waals surface area contributed by atoms with Crippen molar-refractivity contribution in [2.45, 2.75) is 6.92 Å². The summed E-state index contributed by atoms with van der Waals surface area (Å²) >= 11 is 1.40. The van der Waals surface area contributed by atoms with Gasteiger partial charge in [0.05, 0.1) is 17.2 Å². The first kappa shape index (κ1) is 15.9. The molecule has 3 aromatic rings. The minimum absolute atomic E-state index is 0.00276. The second kappa shape index (κ2) is 6.67. The molecule has 0 radical (unpaired) electrons. The smallest absolute Gasteiger partial charge is 0.270 e. The van der Waals surface area contributed by atoms with E-state index in [9.17, 15) is 10.1 Å². The Morgan fingerprint density at radius 2 is 2.00 bits per heavy atom.